The van der Waals surface area contributed by atoms with E-state index >= 15 is 0 Å². The summed E-state index contributed by atoms with van der Waals surface area (Å²) in [5, 5.41) is 0. The minimum atomic E-state index is -2.93. The summed E-state index contributed by atoms with van der Waals surface area (Å²) in [5.41, 5.74) is 1.02. The highest BCUT2D eigenvalue weighted by Crippen LogP contribution is 2.68. The molecule has 0 bridgehead atoms. The highest BCUT2D eigenvalue weighted by Gasteiger charge is 2.59. The molecule has 2 atom stereocenters. The average molecular weight is 375 g/mol. The van der Waals surface area contributed by atoms with Crippen molar-refractivity contribution in [2.75, 3.05) is 13.1 Å². The van der Waals surface area contributed by atoms with E-state index in [0.717, 1.165) is 31.5 Å². The summed E-state index contributed by atoms with van der Waals surface area (Å²) in [6.45, 7) is 10.6. The molecule has 2 fully saturated rings. The Morgan fingerprint density at radius 3 is 1.96 bits per heavy atom. The Morgan fingerprint density at radius 2 is 1.50 bits per heavy atom. The third-order valence-corrected chi connectivity index (χ3v) is 8.06. The predicted molar refractivity (Wildman–Crippen MR) is 110 cm³/mol. The predicted octanol–water partition coefficient (Wildman–Crippen LogP) is 4.38. The molecular formula is C21H34N3OP. The molecule has 0 amide bonds. The first-order valence-electron chi connectivity index (χ1n) is 10.2. The second kappa shape index (κ2) is 8.48. The fourth-order valence-electron chi connectivity index (χ4n) is 4.37. The third-order valence-electron chi connectivity index (χ3n) is 5.39. The van der Waals surface area contributed by atoms with Crippen molar-refractivity contribution in [2.45, 2.75) is 65.5 Å². The van der Waals surface area contributed by atoms with E-state index in [9.17, 15) is 4.89 Å². The lowest BCUT2D eigenvalue weighted by molar-refractivity contribution is -0.191. The molecule has 144 valence electrons. The minimum Gasteiger partial charge on any atom is -0.630 e. The highest BCUT2D eigenvalue weighted by molar-refractivity contribution is 7.63. The van der Waals surface area contributed by atoms with Crippen LogP contribution in [0.1, 0.15) is 58.9 Å². The van der Waals surface area contributed by atoms with Gasteiger partial charge in [-0.05, 0) is 30.2 Å². The van der Waals surface area contributed by atoms with Crippen molar-refractivity contribution in [2.24, 2.45) is 16.6 Å². The Labute approximate surface area is 159 Å². The molecule has 3 rings (SSSR count). The molecule has 1 saturated carbocycles. The van der Waals surface area contributed by atoms with Gasteiger partial charge in [-0.25, -0.2) is 0 Å². The molecule has 0 unspecified atom stereocenters. The Hall–Kier alpha value is -0.800. The first kappa shape index (κ1) is 19.9. The average Bonchev–Trinajstić information content (AvgIpc) is 2.83. The van der Waals surface area contributed by atoms with Crippen molar-refractivity contribution in [3.05, 3.63) is 35.9 Å². The van der Waals surface area contributed by atoms with Crippen molar-refractivity contribution in [1.29, 1.82) is 0 Å². The summed E-state index contributed by atoms with van der Waals surface area (Å²) in [7, 11) is -2.93. The summed E-state index contributed by atoms with van der Waals surface area (Å²) < 4.78 is 9.36. The molecule has 5 heteroatoms. The van der Waals surface area contributed by atoms with E-state index in [1.165, 1.54) is 12.8 Å². The van der Waals surface area contributed by atoms with Crippen molar-refractivity contribution in [3.63, 3.8) is 0 Å². The maximum Gasteiger partial charge on any atom is 0.237 e. The molecule has 0 aromatic heterocycles. The van der Waals surface area contributed by atoms with Gasteiger partial charge in [0.05, 0.1) is 18.3 Å². The summed E-state index contributed by atoms with van der Waals surface area (Å²) in [4.78, 5) is 14.3. The number of hydrogen-bond donors (Lipinski definition) is 0. The van der Waals surface area contributed by atoms with Crippen molar-refractivity contribution in [1.82, 2.24) is 9.34 Å². The molecule has 1 aliphatic carbocycles. The first-order valence-corrected chi connectivity index (χ1v) is 11.7. The third kappa shape index (κ3) is 4.20. The lowest BCUT2D eigenvalue weighted by atomic mass is 9.89. The molecule has 1 aromatic carbocycles. The Kier molecular flexibility index (Phi) is 6.50. The number of fused-ring (bicyclic) bond motifs is 1. The largest absolute Gasteiger partial charge is 0.630 e. The standard InChI is InChI=1S/C21H34N3OP/c1-17(2)15-23-20-12-8-9-13-21(20)24(16-18(3)4)26(23,25)22-14-19-10-6-5-7-11-19/h5-7,10-11,14,17-18,20-21H,8-9,12-13,15-16H2,1-4H3/b22-14+/t20-,21-/m1/s1. The Bertz CT molecular complexity index is 579. The van der Waals surface area contributed by atoms with Crippen LogP contribution in [0.2, 0.25) is 0 Å². The van der Waals surface area contributed by atoms with Crippen molar-refractivity contribution >= 4 is 14.2 Å². The first-order chi connectivity index (χ1) is 12.4. The van der Waals surface area contributed by atoms with E-state index in [1.807, 2.05) is 36.5 Å². The Balaban J connectivity index is 1.97. The minimum absolute atomic E-state index is 0.392. The van der Waals surface area contributed by atoms with E-state index in [-0.39, 0.29) is 0 Å². The van der Waals surface area contributed by atoms with E-state index < -0.39 is 7.94 Å². The number of nitrogens with zero attached hydrogens (tertiary/aromatic N) is 3. The zero-order valence-electron chi connectivity index (χ0n) is 16.7. The van der Waals surface area contributed by atoms with Crippen LogP contribution in [0.4, 0.5) is 0 Å². The quantitative estimate of drug-likeness (QED) is 0.547. The smallest absolute Gasteiger partial charge is 0.237 e. The van der Waals surface area contributed by atoms with Gasteiger partial charge in [-0.3, -0.25) is 0 Å². The molecule has 0 N–H and O–H groups in total. The molecular weight excluding hydrogens is 341 g/mol. The van der Waals surface area contributed by atoms with Crippen LogP contribution in [0.15, 0.2) is 35.1 Å². The van der Waals surface area contributed by atoms with E-state index in [4.69, 9.17) is 4.76 Å². The zero-order chi connectivity index (χ0) is 18.7. The summed E-state index contributed by atoms with van der Waals surface area (Å²) in [5.74, 6) is 0.966. The van der Waals surface area contributed by atoms with E-state index in [1.54, 1.807) is 0 Å². The highest BCUT2D eigenvalue weighted by atomic mass is 31.2. The molecule has 1 heterocycles. The van der Waals surface area contributed by atoms with Crippen molar-refractivity contribution < 1.29 is 4.89 Å². The molecule has 0 radical (unpaired) electrons. The maximum atomic E-state index is 14.3. The van der Waals surface area contributed by atoms with Gasteiger partial charge >= 0.3 is 0 Å². The lowest BCUT2D eigenvalue weighted by Gasteiger charge is -2.37. The summed E-state index contributed by atoms with van der Waals surface area (Å²) in [6, 6.07) is 10.8. The summed E-state index contributed by atoms with van der Waals surface area (Å²) in [6.07, 6.45) is 6.62. The second-order valence-corrected chi connectivity index (χ2v) is 10.9. The molecule has 0 spiro atoms. The topological polar surface area (TPSA) is 41.9 Å². The Morgan fingerprint density at radius 1 is 1.00 bits per heavy atom. The van der Waals surface area contributed by atoms with Crippen molar-refractivity contribution in [3.8, 4) is 0 Å². The molecule has 1 aromatic rings. The van der Waals surface area contributed by atoms with Gasteiger partial charge in [0.15, 0.2) is 0 Å². The normalized spacial score (nSPS) is 26.9. The van der Waals surface area contributed by atoms with Crippen LogP contribution >= 0.6 is 7.94 Å². The molecule has 1 saturated heterocycles. The molecule has 4 nitrogen and oxygen atoms in total. The van der Waals surface area contributed by atoms with Crippen LogP contribution in [-0.2, 0) is 0 Å². The van der Waals surface area contributed by atoms with Gasteiger partial charge in [0.1, 0.15) is 0 Å². The fraction of sp³-hybridized carbons (Fsp3) is 0.667. The fourth-order valence-corrected chi connectivity index (χ4v) is 7.60. The second-order valence-electron chi connectivity index (χ2n) is 8.62. The number of benzene rings is 1. The van der Waals surface area contributed by atoms with Crippen LogP contribution < -0.4 is 4.89 Å². The van der Waals surface area contributed by atoms with Gasteiger partial charge in [0.25, 0.3) is 0 Å². The van der Waals surface area contributed by atoms with Gasteiger partial charge in [-0.15, -0.1) is 14.1 Å². The van der Waals surface area contributed by atoms with Gasteiger partial charge in [0, 0.05) is 13.1 Å². The van der Waals surface area contributed by atoms with Gasteiger partial charge in [0.2, 0.25) is 7.94 Å². The molecule has 26 heavy (non-hydrogen) atoms. The lowest BCUT2D eigenvalue weighted by Crippen LogP contribution is -2.41. The monoisotopic (exact) mass is 375 g/mol. The van der Waals surface area contributed by atoms with Gasteiger partial charge < -0.3 is 4.89 Å². The van der Waals surface area contributed by atoms with Gasteiger partial charge in [-0.1, -0.05) is 70.9 Å². The SMILES string of the molecule is CC(C)CN1[C@@H]2CCCC[C@H]2N(CC(C)C)[P+]1([O-])/N=C/c1ccccc1. The zero-order valence-corrected chi connectivity index (χ0v) is 17.6. The number of rotatable bonds is 6. The van der Waals surface area contributed by atoms with Gasteiger partial charge in [-0.2, -0.15) is 0 Å². The van der Waals surface area contributed by atoms with Crippen LogP contribution in [0.25, 0.3) is 0 Å². The van der Waals surface area contributed by atoms with E-state index in [0.29, 0.717) is 23.9 Å². The van der Waals surface area contributed by atoms with E-state index in [2.05, 4.69) is 37.0 Å². The number of hydrogen-bond acceptors (Lipinski definition) is 4. The van der Waals surface area contributed by atoms with Crippen LogP contribution in [0.3, 0.4) is 0 Å². The van der Waals surface area contributed by atoms with Crippen LogP contribution in [0, 0.1) is 11.8 Å². The molecule has 2 aliphatic rings. The van der Waals surface area contributed by atoms with Crippen LogP contribution in [-0.4, -0.2) is 40.7 Å². The van der Waals surface area contributed by atoms with Crippen LogP contribution in [0.5, 0.6) is 0 Å². The molecule has 1 aliphatic heterocycles. The maximum absolute atomic E-state index is 14.3. The summed E-state index contributed by atoms with van der Waals surface area (Å²) >= 11 is 0.